The van der Waals surface area contributed by atoms with Crippen molar-refractivity contribution in [2.24, 2.45) is 0 Å². The second kappa shape index (κ2) is 6.49. The highest BCUT2D eigenvalue weighted by Gasteiger charge is 2.10. The predicted molar refractivity (Wildman–Crippen MR) is 70.3 cm³/mol. The quantitative estimate of drug-likeness (QED) is 0.753. The third kappa shape index (κ3) is 3.53. The molecule has 0 amide bonds. The number of aromatic nitrogens is 2. The fourth-order valence-electron chi connectivity index (χ4n) is 2.13. The van der Waals surface area contributed by atoms with E-state index < -0.39 is 5.82 Å². The number of rotatable bonds is 6. The topological polar surface area (TPSA) is 53.1 Å². The van der Waals surface area contributed by atoms with Crippen molar-refractivity contribution in [2.45, 2.75) is 19.3 Å². The Hall–Kier alpha value is -1.43. The minimum Gasteiger partial charge on any atom is -0.367 e. The molecule has 0 bridgehead atoms. The van der Waals surface area contributed by atoms with Crippen molar-refractivity contribution in [1.82, 2.24) is 14.9 Å². The summed E-state index contributed by atoms with van der Waals surface area (Å²) in [4.78, 5) is 10.3. The van der Waals surface area contributed by atoms with E-state index in [1.54, 1.807) is 7.05 Å². The van der Waals surface area contributed by atoms with E-state index in [9.17, 15) is 4.39 Å². The van der Waals surface area contributed by atoms with Gasteiger partial charge in [0, 0.05) is 13.6 Å². The third-order valence-corrected chi connectivity index (χ3v) is 3.11. The van der Waals surface area contributed by atoms with Crippen LogP contribution in [0.5, 0.6) is 0 Å². The largest absolute Gasteiger partial charge is 0.367 e. The summed E-state index contributed by atoms with van der Waals surface area (Å²) >= 11 is 0. The van der Waals surface area contributed by atoms with Crippen LogP contribution in [0.1, 0.15) is 19.3 Å². The molecule has 1 aromatic heterocycles. The number of nitrogens with one attached hydrogen (secondary N) is 2. The van der Waals surface area contributed by atoms with E-state index in [2.05, 4.69) is 25.5 Å². The highest BCUT2D eigenvalue weighted by Crippen LogP contribution is 2.12. The molecule has 1 saturated heterocycles. The fourth-order valence-corrected chi connectivity index (χ4v) is 2.13. The number of hydrogen-bond donors (Lipinski definition) is 2. The molecule has 2 heterocycles. The smallest absolute Gasteiger partial charge is 0.224 e. The van der Waals surface area contributed by atoms with Gasteiger partial charge in [-0.3, -0.25) is 0 Å². The molecule has 0 aliphatic carbocycles. The van der Waals surface area contributed by atoms with E-state index >= 15 is 0 Å². The highest BCUT2D eigenvalue weighted by molar-refractivity contribution is 5.40. The number of nitrogens with zero attached hydrogens (tertiary/aromatic N) is 3. The van der Waals surface area contributed by atoms with E-state index in [0.717, 1.165) is 19.5 Å². The Labute approximate surface area is 107 Å². The molecule has 18 heavy (non-hydrogen) atoms. The molecule has 0 saturated carbocycles. The molecule has 0 spiro atoms. The SMILES string of the molecule is CNc1ncc(F)c(NCCCN2CCCC2)n1. The second-order valence-corrected chi connectivity index (χ2v) is 4.47. The van der Waals surface area contributed by atoms with Crippen LogP contribution >= 0.6 is 0 Å². The summed E-state index contributed by atoms with van der Waals surface area (Å²) in [5, 5.41) is 5.81. The van der Waals surface area contributed by atoms with Crippen molar-refractivity contribution in [1.29, 1.82) is 0 Å². The van der Waals surface area contributed by atoms with Crippen LogP contribution in [0.15, 0.2) is 6.20 Å². The lowest BCUT2D eigenvalue weighted by Crippen LogP contribution is -2.22. The van der Waals surface area contributed by atoms with Crippen LogP contribution in [0.3, 0.4) is 0 Å². The lowest BCUT2D eigenvalue weighted by Gasteiger charge is -2.14. The van der Waals surface area contributed by atoms with Crippen molar-refractivity contribution < 1.29 is 4.39 Å². The zero-order chi connectivity index (χ0) is 12.8. The van der Waals surface area contributed by atoms with Crippen LogP contribution < -0.4 is 10.6 Å². The minimum absolute atomic E-state index is 0.274. The molecular weight excluding hydrogens is 233 g/mol. The molecule has 2 N–H and O–H groups in total. The molecular formula is C12H20FN5. The van der Waals surface area contributed by atoms with Gasteiger partial charge in [0.25, 0.3) is 0 Å². The zero-order valence-corrected chi connectivity index (χ0v) is 10.7. The van der Waals surface area contributed by atoms with Crippen LogP contribution in [-0.2, 0) is 0 Å². The molecule has 2 rings (SSSR count). The van der Waals surface area contributed by atoms with E-state index in [-0.39, 0.29) is 5.82 Å². The van der Waals surface area contributed by atoms with Gasteiger partial charge in [-0.2, -0.15) is 4.98 Å². The van der Waals surface area contributed by atoms with Gasteiger partial charge in [0.15, 0.2) is 11.6 Å². The Balaban J connectivity index is 1.75. The first-order valence-electron chi connectivity index (χ1n) is 6.46. The van der Waals surface area contributed by atoms with Gasteiger partial charge < -0.3 is 15.5 Å². The van der Waals surface area contributed by atoms with Gasteiger partial charge in [0.2, 0.25) is 5.95 Å². The van der Waals surface area contributed by atoms with Gasteiger partial charge >= 0.3 is 0 Å². The fraction of sp³-hybridized carbons (Fsp3) is 0.667. The van der Waals surface area contributed by atoms with Crippen LogP contribution in [0.4, 0.5) is 16.2 Å². The summed E-state index contributed by atoms with van der Waals surface area (Å²) in [6.07, 6.45) is 4.79. The average Bonchev–Trinajstić information content (AvgIpc) is 2.89. The van der Waals surface area contributed by atoms with E-state index in [1.165, 1.54) is 32.1 Å². The van der Waals surface area contributed by atoms with Crippen LogP contribution in [0, 0.1) is 5.82 Å². The Bertz CT molecular complexity index is 379. The molecule has 1 aliphatic heterocycles. The van der Waals surface area contributed by atoms with E-state index in [4.69, 9.17) is 0 Å². The Morgan fingerprint density at radius 1 is 1.39 bits per heavy atom. The highest BCUT2D eigenvalue weighted by atomic mass is 19.1. The van der Waals surface area contributed by atoms with Gasteiger partial charge in [-0.05, 0) is 38.9 Å². The maximum atomic E-state index is 13.4. The summed E-state index contributed by atoms with van der Waals surface area (Å²) in [6.45, 7) is 4.20. The minimum atomic E-state index is -0.407. The molecule has 100 valence electrons. The van der Waals surface area contributed by atoms with E-state index in [1.807, 2.05) is 0 Å². The summed E-state index contributed by atoms with van der Waals surface area (Å²) in [6, 6.07) is 0. The maximum Gasteiger partial charge on any atom is 0.224 e. The van der Waals surface area contributed by atoms with Gasteiger partial charge in [-0.25, -0.2) is 9.37 Å². The molecule has 1 aliphatic rings. The van der Waals surface area contributed by atoms with Gasteiger partial charge in [-0.1, -0.05) is 0 Å². The summed E-state index contributed by atoms with van der Waals surface area (Å²) < 4.78 is 13.4. The molecule has 0 unspecified atom stereocenters. The molecule has 6 heteroatoms. The van der Waals surface area contributed by atoms with Gasteiger partial charge in [-0.15, -0.1) is 0 Å². The third-order valence-electron chi connectivity index (χ3n) is 3.11. The standard InChI is InChI=1S/C12H20FN5/c1-14-12-16-9-10(13)11(17-12)15-5-4-8-18-6-2-3-7-18/h9H,2-8H2,1H3,(H2,14,15,16,17). The van der Waals surface area contributed by atoms with Crippen molar-refractivity contribution in [3.05, 3.63) is 12.0 Å². The maximum absolute atomic E-state index is 13.4. The Kier molecular flexibility index (Phi) is 4.69. The average molecular weight is 253 g/mol. The van der Waals surface area contributed by atoms with Crippen molar-refractivity contribution in [3.8, 4) is 0 Å². The van der Waals surface area contributed by atoms with Crippen molar-refractivity contribution in [2.75, 3.05) is 43.9 Å². The summed E-state index contributed by atoms with van der Waals surface area (Å²) in [5.41, 5.74) is 0. The zero-order valence-electron chi connectivity index (χ0n) is 10.7. The second-order valence-electron chi connectivity index (χ2n) is 4.47. The molecule has 0 aromatic carbocycles. The normalized spacial score (nSPS) is 15.9. The summed E-state index contributed by atoms with van der Waals surface area (Å²) in [5.74, 6) is 0.296. The molecule has 5 nitrogen and oxygen atoms in total. The summed E-state index contributed by atoms with van der Waals surface area (Å²) in [7, 11) is 1.71. The van der Waals surface area contributed by atoms with Crippen molar-refractivity contribution >= 4 is 11.8 Å². The van der Waals surface area contributed by atoms with Crippen LogP contribution in [0.25, 0.3) is 0 Å². The van der Waals surface area contributed by atoms with E-state index in [0.29, 0.717) is 5.95 Å². The van der Waals surface area contributed by atoms with Gasteiger partial charge in [0.1, 0.15) is 0 Å². The Morgan fingerprint density at radius 3 is 2.89 bits per heavy atom. The molecule has 1 aromatic rings. The first-order valence-corrected chi connectivity index (χ1v) is 6.46. The molecule has 0 radical (unpaired) electrons. The van der Waals surface area contributed by atoms with Crippen molar-refractivity contribution in [3.63, 3.8) is 0 Å². The number of hydrogen-bond acceptors (Lipinski definition) is 5. The Morgan fingerprint density at radius 2 is 2.17 bits per heavy atom. The first kappa shape index (κ1) is 13.0. The number of anilines is 2. The van der Waals surface area contributed by atoms with Crippen LogP contribution in [0.2, 0.25) is 0 Å². The monoisotopic (exact) mass is 253 g/mol. The first-order chi connectivity index (χ1) is 8.79. The number of halogens is 1. The lowest BCUT2D eigenvalue weighted by atomic mass is 10.4. The molecule has 1 fully saturated rings. The number of likely N-dealkylation sites (tertiary alicyclic amines) is 1. The lowest BCUT2D eigenvalue weighted by molar-refractivity contribution is 0.337. The predicted octanol–water partition coefficient (Wildman–Crippen LogP) is 1.56. The van der Waals surface area contributed by atoms with Crippen LogP contribution in [-0.4, -0.2) is 48.1 Å². The van der Waals surface area contributed by atoms with Gasteiger partial charge in [0.05, 0.1) is 6.20 Å². The molecule has 0 atom stereocenters.